The number of nitrogens with two attached hydrogens (primary N) is 1. The molecule has 0 fully saturated rings. The fraction of sp³-hybridized carbons (Fsp3) is 0.200. The van der Waals surface area contributed by atoms with E-state index in [1.165, 1.54) is 18.2 Å². The van der Waals surface area contributed by atoms with Gasteiger partial charge in [0.05, 0.1) is 11.0 Å². The van der Waals surface area contributed by atoms with Crippen LogP contribution in [0.1, 0.15) is 16.7 Å². The van der Waals surface area contributed by atoms with Crippen LogP contribution in [0.25, 0.3) is 0 Å². The molecule has 5 nitrogen and oxygen atoms in total. The number of nitro groups is 1. The summed E-state index contributed by atoms with van der Waals surface area (Å²) in [5.41, 5.74) is 7.24. The number of halogens is 1. The Labute approximate surface area is 121 Å². The van der Waals surface area contributed by atoms with Gasteiger partial charge in [-0.3, -0.25) is 10.1 Å². The molecule has 0 unspecified atom stereocenters. The Bertz CT molecular complexity index is 702. The van der Waals surface area contributed by atoms with Crippen molar-refractivity contribution in [2.24, 2.45) is 5.73 Å². The standard InChI is InChI=1S/C15H15FN2O3/c1-9-5-10(2)15(7-13(9)18(19)20)21-14-4-3-11(8-17)6-12(14)16/h3-7H,8,17H2,1-2H3. The van der Waals surface area contributed by atoms with Crippen molar-refractivity contribution in [3.63, 3.8) is 0 Å². The molecule has 21 heavy (non-hydrogen) atoms. The number of nitrogens with zero attached hydrogens (tertiary/aromatic N) is 1. The van der Waals surface area contributed by atoms with E-state index >= 15 is 0 Å². The van der Waals surface area contributed by atoms with Gasteiger partial charge < -0.3 is 10.5 Å². The molecular formula is C15H15FN2O3. The fourth-order valence-electron chi connectivity index (χ4n) is 2.00. The normalized spacial score (nSPS) is 10.5. The number of aryl methyl sites for hydroxylation is 2. The van der Waals surface area contributed by atoms with E-state index in [0.29, 0.717) is 16.7 Å². The van der Waals surface area contributed by atoms with Gasteiger partial charge in [-0.1, -0.05) is 6.07 Å². The maximum Gasteiger partial charge on any atom is 0.276 e. The van der Waals surface area contributed by atoms with Crippen LogP contribution in [-0.2, 0) is 6.54 Å². The Morgan fingerprint density at radius 1 is 1.19 bits per heavy atom. The molecule has 2 N–H and O–H groups in total. The highest BCUT2D eigenvalue weighted by molar-refractivity contribution is 5.51. The number of hydrogen-bond acceptors (Lipinski definition) is 4. The van der Waals surface area contributed by atoms with Crippen molar-refractivity contribution in [1.82, 2.24) is 0 Å². The topological polar surface area (TPSA) is 78.4 Å². The smallest absolute Gasteiger partial charge is 0.276 e. The van der Waals surface area contributed by atoms with E-state index < -0.39 is 10.7 Å². The minimum absolute atomic E-state index is 0.00783. The van der Waals surface area contributed by atoms with Crippen molar-refractivity contribution in [3.05, 3.63) is 63.0 Å². The molecule has 2 rings (SSSR count). The summed E-state index contributed by atoms with van der Waals surface area (Å²) in [6.07, 6.45) is 0. The summed E-state index contributed by atoms with van der Waals surface area (Å²) in [6.45, 7) is 3.62. The van der Waals surface area contributed by atoms with Gasteiger partial charge in [0.2, 0.25) is 0 Å². The maximum atomic E-state index is 13.9. The molecule has 0 aromatic heterocycles. The van der Waals surface area contributed by atoms with E-state index in [-0.39, 0.29) is 23.7 Å². The molecule has 0 amide bonds. The molecule has 0 aliphatic rings. The van der Waals surface area contributed by atoms with Crippen molar-refractivity contribution in [2.75, 3.05) is 0 Å². The Morgan fingerprint density at radius 2 is 1.90 bits per heavy atom. The van der Waals surface area contributed by atoms with Crippen LogP contribution in [0.3, 0.4) is 0 Å². The number of rotatable bonds is 4. The molecule has 0 atom stereocenters. The molecule has 0 spiro atoms. The third kappa shape index (κ3) is 3.17. The number of nitro benzene ring substituents is 1. The van der Waals surface area contributed by atoms with Crippen molar-refractivity contribution in [1.29, 1.82) is 0 Å². The summed E-state index contributed by atoms with van der Waals surface area (Å²) >= 11 is 0. The lowest BCUT2D eigenvalue weighted by molar-refractivity contribution is -0.385. The Balaban J connectivity index is 2.39. The average Bonchev–Trinajstić information content (AvgIpc) is 2.43. The predicted molar refractivity (Wildman–Crippen MR) is 76.9 cm³/mol. The van der Waals surface area contributed by atoms with Gasteiger partial charge in [-0.15, -0.1) is 0 Å². The molecule has 0 bridgehead atoms. The first kappa shape index (κ1) is 14.9. The van der Waals surface area contributed by atoms with Gasteiger partial charge in [0, 0.05) is 12.1 Å². The summed E-state index contributed by atoms with van der Waals surface area (Å²) in [4.78, 5) is 10.5. The summed E-state index contributed by atoms with van der Waals surface area (Å²) < 4.78 is 19.3. The highest BCUT2D eigenvalue weighted by Crippen LogP contribution is 2.32. The molecule has 0 radical (unpaired) electrons. The first-order valence-corrected chi connectivity index (χ1v) is 6.34. The summed E-state index contributed by atoms with van der Waals surface area (Å²) in [7, 11) is 0. The highest BCUT2D eigenvalue weighted by Gasteiger charge is 2.16. The van der Waals surface area contributed by atoms with Gasteiger partial charge in [0.25, 0.3) is 5.69 Å². The number of ether oxygens (including phenoxy) is 1. The van der Waals surface area contributed by atoms with Crippen LogP contribution in [0.15, 0.2) is 30.3 Å². The molecule has 0 heterocycles. The average molecular weight is 290 g/mol. The maximum absolute atomic E-state index is 13.9. The highest BCUT2D eigenvalue weighted by atomic mass is 19.1. The fourth-order valence-corrected chi connectivity index (χ4v) is 2.00. The lowest BCUT2D eigenvalue weighted by Gasteiger charge is -2.11. The lowest BCUT2D eigenvalue weighted by atomic mass is 10.1. The molecular weight excluding hydrogens is 275 g/mol. The molecule has 6 heteroatoms. The lowest BCUT2D eigenvalue weighted by Crippen LogP contribution is -1.99. The molecule has 0 saturated heterocycles. The Kier molecular flexibility index (Phi) is 4.18. The second-order valence-corrected chi connectivity index (χ2v) is 4.73. The van der Waals surface area contributed by atoms with Gasteiger partial charge in [0.1, 0.15) is 5.75 Å². The summed E-state index contributed by atoms with van der Waals surface area (Å²) in [5, 5.41) is 11.0. The first-order chi connectivity index (χ1) is 9.92. The van der Waals surface area contributed by atoms with Crippen LogP contribution < -0.4 is 10.5 Å². The third-order valence-corrected chi connectivity index (χ3v) is 3.14. The minimum atomic E-state index is -0.555. The SMILES string of the molecule is Cc1cc(C)c([N+](=O)[O-])cc1Oc1ccc(CN)cc1F. The van der Waals surface area contributed by atoms with E-state index in [2.05, 4.69) is 0 Å². The van der Waals surface area contributed by atoms with Crippen molar-refractivity contribution in [3.8, 4) is 11.5 Å². The molecule has 2 aromatic carbocycles. The van der Waals surface area contributed by atoms with E-state index in [1.807, 2.05) is 0 Å². The minimum Gasteiger partial charge on any atom is -0.454 e. The van der Waals surface area contributed by atoms with Crippen molar-refractivity contribution < 1.29 is 14.1 Å². The zero-order valence-electron chi connectivity index (χ0n) is 11.7. The van der Waals surface area contributed by atoms with Gasteiger partial charge in [-0.25, -0.2) is 4.39 Å². The van der Waals surface area contributed by atoms with Crippen molar-refractivity contribution in [2.45, 2.75) is 20.4 Å². The molecule has 110 valence electrons. The zero-order chi connectivity index (χ0) is 15.6. The molecule has 2 aromatic rings. The molecule has 0 saturated carbocycles. The predicted octanol–water partition coefficient (Wildman–Crippen LogP) is 3.60. The van der Waals surface area contributed by atoms with Gasteiger partial charge in [0.15, 0.2) is 11.6 Å². The largest absolute Gasteiger partial charge is 0.454 e. The molecule has 0 aliphatic heterocycles. The number of hydrogen-bond donors (Lipinski definition) is 1. The zero-order valence-corrected chi connectivity index (χ0v) is 11.7. The summed E-state index contributed by atoms with van der Waals surface area (Å²) in [5.74, 6) is -0.291. The van der Waals surface area contributed by atoms with E-state index in [9.17, 15) is 14.5 Å². The van der Waals surface area contributed by atoms with Gasteiger partial charge >= 0.3 is 0 Å². The van der Waals surface area contributed by atoms with Crippen LogP contribution >= 0.6 is 0 Å². The van der Waals surface area contributed by atoms with Crippen LogP contribution in [0.2, 0.25) is 0 Å². The molecule has 0 aliphatic carbocycles. The van der Waals surface area contributed by atoms with Crippen LogP contribution in [0, 0.1) is 29.8 Å². The van der Waals surface area contributed by atoms with Crippen LogP contribution in [0.4, 0.5) is 10.1 Å². The second kappa shape index (κ2) is 5.88. The van der Waals surface area contributed by atoms with Gasteiger partial charge in [-0.05, 0) is 43.2 Å². The van der Waals surface area contributed by atoms with E-state index in [0.717, 1.165) is 0 Å². The van der Waals surface area contributed by atoms with Gasteiger partial charge in [-0.2, -0.15) is 0 Å². The second-order valence-electron chi connectivity index (χ2n) is 4.73. The quantitative estimate of drug-likeness (QED) is 0.689. The van der Waals surface area contributed by atoms with Crippen molar-refractivity contribution >= 4 is 5.69 Å². The third-order valence-electron chi connectivity index (χ3n) is 3.14. The Morgan fingerprint density at radius 3 is 2.48 bits per heavy atom. The first-order valence-electron chi connectivity index (χ1n) is 6.34. The van der Waals surface area contributed by atoms with Crippen LogP contribution in [-0.4, -0.2) is 4.92 Å². The van der Waals surface area contributed by atoms with E-state index in [4.69, 9.17) is 10.5 Å². The summed E-state index contributed by atoms with van der Waals surface area (Å²) in [6, 6.07) is 7.34. The number of benzene rings is 2. The van der Waals surface area contributed by atoms with Crippen LogP contribution in [0.5, 0.6) is 11.5 Å². The van der Waals surface area contributed by atoms with E-state index in [1.54, 1.807) is 26.0 Å². The monoisotopic (exact) mass is 290 g/mol. The Hall–Kier alpha value is -2.47.